The van der Waals surface area contributed by atoms with Crippen LogP contribution in [-0.2, 0) is 5.60 Å². The van der Waals surface area contributed by atoms with E-state index < -0.39 is 5.60 Å². The first-order valence-electron chi connectivity index (χ1n) is 10.3. The van der Waals surface area contributed by atoms with E-state index in [1.54, 1.807) is 12.1 Å². The number of hydrogen-bond acceptors (Lipinski definition) is 4. The van der Waals surface area contributed by atoms with Crippen LogP contribution in [-0.4, -0.2) is 47.3 Å². The average Bonchev–Trinajstić information content (AvgIpc) is 2.68. The molecule has 1 aliphatic heterocycles. The molecule has 0 radical (unpaired) electrons. The molecule has 1 heterocycles. The Morgan fingerprint density at radius 2 is 1.32 bits per heavy atom. The lowest BCUT2D eigenvalue weighted by molar-refractivity contribution is -0.307. The van der Waals surface area contributed by atoms with E-state index in [1.165, 1.54) is 0 Å². The van der Waals surface area contributed by atoms with Gasteiger partial charge in [-0.25, -0.2) is 0 Å². The standard InChI is InChI=1S/C24H32N2O2/c1-22(2)21(23(3,4)24(22,28)18-8-6-5-7-9-18)26-16-14-25(15-17-26)19-10-12-20(27)13-11-19/h5-13,21,27-28H,14-17H2,1-4H3. The molecule has 1 saturated carbocycles. The lowest BCUT2D eigenvalue weighted by Crippen LogP contribution is -2.79. The summed E-state index contributed by atoms with van der Waals surface area (Å²) in [5.74, 6) is 0.306. The Kier molecular flexibility index (Phi) is 4.48. The third-order valence-corrected chi connectivity index (χ3v) is 7.32. The van der Waals surface area contributed by atoms with Gasteiger partial charge in [0.1, 0.15) is 11.4 Å². The van der Waals surface area contributed by atoms with E-state index in [9.17, 15) is 10.2 Å². The second-order valence-electron chi connectivity index (χ2n) is 9.46. The number of anilines is 1. The molecule has 0 spiro atoms. The Morgan fingerprint density at radius 1 is 0.786 bits per heavy atom. The van der Waals surface area contributed by atoms with E-state index >= 15 is 0 Å². The zero-order valence-electron chi connectivity index (χ0n) is 17.4. The van der Waals surface area contributed by atoms with Crippen molar-refractivity contribution in [2.75, 3.05) is 31.1 Å². The Bertz CT molecular complexity index is 805. The first-order chi connectivity index (χ1) is 13.2. The molecule has 0 aromatic heterocycles. The van der Waals surface area contributed by atoms with Gasteiger partial charge in [-0.2, -0.15) is 0 Å². The summed E-state index contributed by atoms with van der Waals surface area (Å²) in [6, 6.07) is 17.9. The van der Waals surface area contributed by atoms with E-state index in [0.717, 1.165) is 37.4 Å². The number of benzene rings is 2. The van der Waals surface area contributed by atoms with Crippen LogP contribution in [0.25, 0.3) is 0 Å². The van der Waals surface area contributed by atoms with Gasteiger partial charge in [0, 0.05) is 48.7 Å². The fourth-order valence-electron chi connectivity index (χ4n) is 6.29. The van der Waals surface area contributed by atoms with Crippen molar-refractivity contribution >= 4 is 5.69 Å². The van der Waals surface area contributed by atoms with Gasteiger partial charge in [-0.1, -0.05) is 58.0 Å². The van der Waals surface area contributed by atoms with Crippen LogP contribution in [0, 0.1) is 10.8 Å². The molecule has 2 aromatic carbocycles. The van der Waals surface area contributed by atoms with Crippen molar-refractivity contribution in [1.29, 1.82) is 0 Å². The van der Waals surface area contributed by atoms with Crippen LogP contribution >= 0.6 is 0 Å². The van der Waals surface area contributed by atoms with E-state index in [2.05, 4.69) is 49.6 Å². The summed E-state index contributed by atoms with van der Waals surface area (Å²) in [6.07, 6.45) is 0. The van der Waals surface area contributed by atoms with Crippen molar-refractivity contribution in [3.05, 3.63) is 60.2 Å². The molecular formula is C24H32N2O2. The fourth-order valence-corrected chi connectivity index (χ4v) is 6.29. The molecule has 0 unspecified atom stereocenters. The SMILES string of the molecule is CC1(C)C(N2CCN(c3ccc(O)cc3)CC2)C(C)(C)C1(O)c1ccccc1. The molecule has 1 aliphatic carbocycles. The van der Waals surface area contributed by atoms with Gasteiger partial charge < -0.3 is 15.1 Å². The van der Waals surface area contributed by atoms with Gasteiger partial charge in [0.15, 0.2) is 0 Å². The van der Waals surface area contributed by atoms with Gasteiger partial charge >= 0.3 is 0 Å². The van der Waals surface area contributed by atoms with Crippen molar-refractivity contribution in [3.8, 4) is 5.75 Å². The first kappa shape index (κ1) is 19.3. The second kappa shape index (κ2) is 6.50. The monoisotopic (exact) mass is 380 g/mol. The molecule has 4 rings (SSSR count). The van der Waals surface area contributed by atoms with Crippen LogP contribution in [0.5, 0.6) is 5.75 Å². The highest BCUT2D eigenvalue weighted by molar-refractivity contribution is 5.49. The largest absolute Gasteiger partial charge is 0.508 e. The lowest BCUT2D eigenvalue weighted by Gasteiger charge is -2.72. The highest BCUT2D eigenvalue weighted by atomic mass is 16.3. The molecule has 0 amide bonds. The number of phenols is 1. The number of rotatable bonds is 3. The van der Waals surface area contributed by atoms with Gasteiger partial charge in [0.2, 0.25) is 0 Å². The normalized spacial score (nSPS) is 29.3. The van der Waals surface area contributed by atoms with Gasteiger partial charge in [-0.05, 0) is 29.8 Å². The van der Waals surface area contributed by atoms with Crippen LogP contribution in [0.15, 0.2) is 54.6 Å². The maximum Gasteiger partial charge on any atom is 0.115 e. The van der Waals surface area contributed by atoms with E-state index in [4.69, 9.17) is 0 Å². The van der Waals surface area contributed by atoms with Crippen molar-refractivity contribution in [2.24, 2.45) is 10.8 Å². The highest BCUT2D eigenvalue weighted by Gasteiger charge is 2.73. The summed E-state index contributed by atoms with van der Waals surface area (Å²) in [5, 5.41) is 21.4. The maximum absolute atomic E-state index is 11.8. The Morgan fingerprint density at radius 3 is 1.86 bits per heavy atom. The smallest absolute Gasteiger partial charge is 0.115 e. The molecule has 2 aliphatic rings. The van der Waals surface area contributed by atoms with E-state index in [1.807, 2.05) is 30.3 Å². The third kappa shape index (κ3) is 2.58. The van der Waals surface area contributed by atoms with Crippen LogP contribution < -0.4 is 4.90 Å². The van der Waals surface area contributed by atoms with Gasteiger partial charge in [0.05, 0.1) is 0 Å². The van der Waals surface area contributed by atoms with Crippen LogP contribution in [0.2, 0.25) is 0 Å². The van der Waals surface area contributed by atoms with Crippen LogP contribution in [0.4, 0.5) is 5.69 Å². The van der Waals surface area contributed by atoms with Crippen molar-refractivity contribution in [3.63, 3.8) is 0 Å². The summed E-state index contributed by atoms with van der Waals surface area (Å²) in [6.45, 7) is 12.7. The summed E-state index contributed by atoms with van der Waals surface area (Å²) < 4.78 is 0. The number of piperazine rings is 1. The maximum atomic E-state index is 11.8. The van der Waals surface area contributed by atoms with E-state index in [-0.39, 0.29) is 10.8 Å². The summed E-state index contributed by atoms with van der Waals surface area (Å²) >= 11 is 0. The summed E-state index contributed by atoms with van der Waals surface area (Å²) in [5.41, 5.74) is 0.853. The molecule has 0 atom stereocenters. The predicted molar refractivity (Wildman–Crippen MR) is 114 cm³/mol. The van der Waals surface area contributed by atoms with Gasteiger partial charge in [-0.15, -0.1) is 0 Å². The number of aromatic hydroxyl groups is 1. The first-order valence-corrected chi connectivity index (χ1v) is 10.3. The molecule has 28 heavy (non-hydrogen) atoms. The van der Waals surface area contributed by atoms with Crippen molar-refractivity contribution in [1.82, 2.24) is 4.90 Å². The average molecular weight is 381 g/mol. The molecule has 4 heteroatoms. The molecule has 2 fully saturated rings. The number of hydrogen-bond donors (Lipinski definition) is 2. The summed E-state index contributed by atoms with van der Waals surface area (Å²) in [4.78, 5) is 4.94. The minimum atomic E-state index is -0.847. The fraction of sp³-hybridized carbons (Fsp3) is 0.500. The molecule has 2 aromatic rings. The topological polar surface area (TPSA) is 46.9 Å². The predicted octanol–water partition coefficient (Wildman–Crippen LogP) is 3.84. The lowest BCUT2D eigenvalue weighted by atomic mass is 9.39. The van der Waals surface area contributed by atoms with E-state index in [0.29, 0.717) is 11.8 Å². The molecule has 150 valence electrons. The number of nitrogens with zero attached hydrogens (tertiary/aromatic N) is 2. The van der Waals surface area contributed by atoms with Crippen LogP contribution in [0.1, 0.15) is 33.3 Å². The Labute approximate surface area is 168 Å². The zero-order valence-corrected chi connectivity index (χ0v) is 17.4. The van der Waals surface area contributed by atoms with Crippen molar-refractivity contribution < 1.29 is 10.2 Å². The minimum absolute atomic E-state index is 0.238. The zero-order chi connectivity index (χ0) is 20.2. The molecule has 0 bridgehead atoms. The Balaban J connectivity index is 1.52. The van der Waals surface area contributed by atoms with Crippen molar-refractivity contribution in [2.45, 2.75) is 39.3 Å². The third-order valence-electron chi connectivity index (χ3n) is 7.32. The van der Waals surface area contributed by atoms with Gasteiger partial charge in [0.25, 0.3) is 0 Å². The molecular weight excluding hydrogens is 348 g/mol. The number of aliphatic hydroxyl groups is 1. The van der Waals surface area contributed by atoms with Gasteiger partial charge in [-0.3, -0.25) is 4.90 Å². The quantitative estimate of drug-likeness (QED) is 0.849. The highest BCUT2D eigenvalue weighted by Crippen LogP contribution is 2.68. The molecule has 2 N–H and O–H groups in total. The molecule has 4 nitrogen and oxygen atoms in total. The molecule has 1 saturated heterocycles. The minimum Gasteiger partial charge on any atom is -0.508 e. The second-order valence-corrected chi connectivity index (χ2v) is 9.46. The summed E-state index contributed by atoms with van der Waals surface area (Å²) in [7, 11) is 0. The number of phenolic OH excluding ortho intramolecular Hbond substituents is 1. The Hall–Kier alpha value is -2.04. The van der Waals surface area contributed by atoms with Crippen LogP contribution in [0.3, 0.4) is 0 Å².